The third-order valence-corrected chi connectivity index (χ3v) is 8.54. The minimum atomic E-state index is -4.46. The first-order valence-electron chi connectivity index (χ1n) is 13.1. The number of anilines is 1. The number of nitro benzene ring substituents is 1. The quantitative estimate of drug-likeness (QED) is 0.173. The summed E-state index contributed by atoms with van der Waals surface area (Å²) in [5.41, 5.74) is 0.502. The largest absolute Gasteiger partial charge is 0.456 e. The number of aromatic amines is 1. The fourth-order valence-electron chi connectivity index (χ4n) is 4.93. The van der Waals surface area contributed by atoms with Crippen LogP contribution in [0, 0.1) is 16.0 Å². The fraction of sp³-hybridized carbons (Fsp3) is 0.286. The van der Waals surface area contributed by atoms with Crippen LogP contribution in [0.4, 0.5) is 11.4 Å². The lowest BCUT2D eigenvalue weighted by atomic mass is 9.87. The van der Waals surface area contributed by atoms with Gasteiger partial charge in [-0.15, -0.1) is 0 Å². The van der Waals surface area contributed by atoms with E-state index in [9.17, 15) is 23.3 Å². The molecule has 0 aliphatic heterocycles. The third-order valence-electron chi connectivity index (χ3n) is 7.21. The van der Waals surface area contributed by atoms with E-state index in [2.05, 4.69) is 15.5 Å². The molecular formula is C28H29N5O7S. The Morgan fingerprint density at radius 1 is 1.07 bits per heavy atom. The first-order chi connectivity index (χ1) is 19.7. The second kappa shape index (κ2) is 11.9. The molecule has 0 saturated heterocycles. The number of hydrogen-bond donors (Lipinski definition) is 3. The molecule has 1 aromatic heterocycles. The van der Waals surface area contributed by atoms with Crippen molar-refractivity contribution in [2.24, 2.45) is 5.92 Å². The van der Waals surface area contributed by atoms with E-state index in [1.165, 1.54) is 24.3 Å². The summed E-state index contributed by atoms with van der Waals surface area (Å²) in [5.74, 6) is -0.0771. The van der Waals surface area contributed by atoms with E-state index in [0.717, 1.165) is 37.3 Å². The van der Waals surface area contributed by atoms with Gasteiger partial charge in [-0.05, 0) is 68.0 Å². The first kappa shape index (κ1) is 28.1. The maximum atomic E-state index is 13.1. The van der Waals surface area contributed by atoms with Gasteiger partial charge in [-0.25, -0.2) is 13.1 Å². The van der Waals surface area contributed by atoms with Crippen molar-refractivity contribution >= 4 is 38.2 Å². The second-order valence-corrected chi connectivity index (χ2v) is 11.5. The van der Waals surface area contributed by atoms with E-state index in [1.54, 1.807) is 37.6 Å². The van der Waals surface area contributed by atoms with Crippen molar-refractivity contribution in [2.45, 2.75) is 36.7 Å². The molecule has 1 saturated carbocycles. The number of rotatable bonds is 10. The lowest BCUT2D eigenvalue weighted by Crippen LogP contribution is -2.31. The summed E-state index contributed by atoms with van der Waals surface area (Å²) in [6, 6.07) is 15.0. The van der Waals surface area contributed by atoms with Crippen LogP contribution in [0.5, 0.6) is 11.5 Å². The smallest absolute Gasteiger partial charge is 0.293 e. The molecule has 5 rings (SSSR count). The third kappa shape index (κ3) is 6.31. The van der Waals surface area contributed by atoms with E-state index < -0.39 is 31.4 Å². The van der Waals surface area contributed by atoms with E-state index in [-0.39, 0.29) is 23.1 Å². The summed E-state index contributed by atoms with van der Waals surface area (Å²) in [5, 5.41) is 22.4. The zero-order valence-electron chi connectivity index (χ0n) is 22.2. The molecule has 41 heavy (non-hydrogen) atoms. The summed E-state index contributed by atoms with van der Waals surface area (Å²) >= 11 is 0. The number of para-hydroxylation sites is 1. The van der Waals surface area contributed by atoms with Crippen LogP contribution in [0.15, 0.2) is 71.8 Å². The Morgan fingerprint density at radius 3 is 2.59 bits per heavy atom. The number of sulfonamides is 1. The van der Waals surface area contributed by atoms with Gasteiger partial charge in [-0.1, -0.05) is 18.2 Å². The average Bonchev–Trinajstić information content (AvgIpc) is 3.46. The van der Waals surface area contributed by atoms with Gasteiger partial charge < -0.3 is 14.8 Å². The molecule has 12 nitrogen and oxygen atoms in total. The number of nitrogens with one attached hydrogen (secondary N) is 3. The molecule has 3 N–H and O–H groups in total. The maximum Gasteiger partial charge on any atom is 0.293 e. The number of amides is 1. The molecule has 0 spiro atoms. The Bertz CT molecular complexity index is 1680. The van der Waals surface area contributed by atoms with Crippen LogP contribution < -0.4 is 14.8 Å². The zero-order valence-corrected chi connectivity index (χ0v) is 23.0. The monoisotopic (exact) mass is 579 g/mol. The van der Waals surface area contributed by atoms with Crippen LogP contribution in [0.25, 0.3) is 10.9 Å². The standard InChI is InChI=1S/C28H29N5O7S/c1-39-19-11-9-18(10-12-19)16-29-24-14-13-20(15-25(24)33(35)36)41(37,38)32-28(34)21-5-2-3-7-26(21)40-27-8-4-6-23-22(27)17-30-31-23/h2-8,13-15,17-19,29H,9-12,16H2,1H3,(H,30,31)(H,32,34). The number of hydrogen-bond acceptors (Lipinski definition) is 9. The highest BCUT2D eigenvalue weighted by atomic mass is 32.2. The molecule has 13 heteroatoms. The molecule has 3 aromatic carbocycles. The molecule has 1 heterocycles. The van der Waals surface area contributed by atoms with Crippen LogP contribution in [0.2, 0.25) is 0 Å². The second-order valence-electron chi connectivity index (χ2n) is 9.82. The summed E-state index contributed by atoms with van der Waals surface area (Å²) in [7, 11) is -2.76. The van der Waals surface area contributed by atoms with E-state index >= 15 is 0 Å². The number of H-pyrrole nitrogens is 1. The van der Waals surface area contributed by atoms with Gasteiger partial charge in [0.2, 0.25) is 0 Å². The van der Waals surface area contributed by atoms with Crippen molar-refractivity contribution in [1.29, 1.82) is 0 Å². The Hall–Kier alpha value is -4.49. The predicted octanol–water partition coefficient (Wildman–Crippen LogP) is 5.00. The molecular weight excluding hydrogens is 550 g/mol. The van der Waals surface area contributed by atoms with Gasteiger partial charge in [-0.3, -0.25) is 20.0 Å². The Balaban J connectivity index is 1.32. The Kier molecular flexibility index (Phi) is 8.17. The van der Waals surface area contributed by atoms with Gasteiger partial charge in [0.15, 0.2) is 0 Å². The van der Waals surface area contributed by atoms with Crippen molar-refractivity contribution in [2.75, 3.05) is 19.0 Å². The minimum Gasteiger partial charge on any atom is -0.456 e. The summed E-state index contributed by atoms with van der Waals surface area (Å²) in [6.45, 7) is 0.517. The number of methoxy groups -OCH3 is 1. The number of benzene rings is 3. The summed E-state index contributed by atoms with van der Waals surface area (Å²) in [6.07, 6.45) is 5.53. The van der Waals surface area contributed by atoms with Crippen LogP contribution in [-0.2, 0) is 14.8 Å². The van der Waals surface area contributed by atoms with Crippen molar-refractivity contribution in [1.82, 2.24) is 14.9 Å². The fourth-order valence-corrected chi connectivity index (χ4v) is 5.92. The Labute approximate surface area is 236 Å². The van der Waals surface area contributed by atoms with Crippen molar-refractivity contribution < 1.29 is 27.6 Å². The summed E-state index contributed by atoms with van der Waals surface area (Å²) < 4.78 is 39.6. The molecule has 4 aromatic rings. The van der Waals surface area contributed by atoms with Gasteiger partial charge in [0.1, 0.15) is 17.2 Å². The summed E-state index contributed by atoms with van der Waals surface area (Å²) in [4.78, 5) is 23.9. The average molecular weight is 580 g/mol. The van der Waals surface area contributed by atoms with Crippen molar-refractivity contribution in [3.63, 3.8) is 0 Å². The van der Waals surface area contributed by atoms with Crippen LogP contribution in [0.3, 0.4) is 0 Å². The molecule has 0 bridgehead atoms. The van der Waals surface area contributed by atoms with E-state index in [1.807, 2.05) is 10.8 Å². The highest BCUT2D eigenvalue weighted by molar-refractivity contribution is 7.90. The topological polar surface area (TPSA) is 166 Å². The van der Waals surface area contributed by atoms with Crippen LogP contribution in [0.1, 0.15) is 36.0 Å². The zero-order chi connectivity index (χ0) is 29.0. The van der Waals surface area contributed by atoms with Gasteiger partial charge in [0, 0.05) is 19.7 Å². The van der Waals surface area contributed by atoms with Crippen LogP contribution >= 0.6 is 0 Å². The number of ether oxygens (including phenoxy) is 2. The van der Waals surface area contributed by atoms with E-state index in [4.69, 9.17) is 9.47 Å². The van der Waals surface area contributed by atoms with Gasteiger partial charge in [0.25, 0.3) is 21.6 Å². The van der Waals surface area contributed by atoms with Crippen molar-refractivity contribution in [3.8, 4) is 11.5 Å². The molecule has 1 fully saturated rings. The van der Waals surface area contributed by atoms with Crippen LogP contribution in [-0.4, -0.2) is 49.2 Å². The number of carbonyl (C=O) groups is 1. The lowest BCUT2D eigenvalue weighted by Gasteiger charge is -2.27. The number of carbonyl (C=O) groups excluding carboxylic acids is 1. The number of nitrogens with zero attached hydrogens (tertiary/aromatic N) is 2. The first-order valence-corrected chi connectivity index (χ1v) is 14.5. The van der Waals surface area contributed by atoms with Gasteiger partial charge >= 0.3 is 0 Å². The molecule has 1 amide bonds. The van der Waals surface area contributed by atoms with Gasteiger partial charge in [-0.2, -0.15) is 5.10 Å². The normalized spacial score (nSPS) is 17.2. The highest BCUT2D eigenvalue weighted by Gasteiger charge is 2.26. The van der Waals surface area contributed by atoms with Crippen molar-refractivity contribution in [3.05, 3.63) is 82.5 Å². The number of nitro groups is 1. The minimum absolute atomic E-state index is 0.0347. The maximum absolute atomic E-state index is 13.1. The lowest BCUT2D eigenvalue weighted by molar-refractivity contribution is -0.384. The molecule has 0 radical (unpaired) electrons. The SMILES string of the molecule is COC1CCC(CNc2ccc(S(=O)(=O)NC(=O)c3ccccc3Oc3cccc4[nH]ncc34)cc2[N+](=O)[O-])CC1. The van der Waals surface area contributed by atoms with E-state index in [0.29, 0.717) is 23.6 Å². The molecule has 0 unspecified atom stereocenters. The molecule has 1 aliphatic carbocycles. The van der Waals surface area contributed by atoms with Gasteiger partial charge in [0.05, 0.1) is 38.6 Å². The number of aromatic nitrogens is 2. The molecule has 0 atom stereocenters. The predicted molar refractivity (Wildman–Crippen MR) is 152 cm³/mol. The molecule has 1 aliphatic rings. The molecule has 214 valence electrons. The highest BCUT2D eigenvalue weighted by Crippen LogP contribution is 2.32. The Morgan fingerprint density at radius 2 is 1.83 bits per heavy atom. The number of fused-ring (bicyclic) bond motifs is 1.